The summed E-state index contributed by atoms with van der Waals surface area (Å²) in [6.07, 6.45) is -1.78. The van der Waals surface area contributed by atoms with Gasteiger partial charge in [-0.2, -0.15) is 4.90 Å². The summed E-state index contributed by atoms with van der Waals surface area (Å²) in [5.74, 6) is -27.9. The van der Waals surface area contributed by atoms with Crippen LogP contribution >= 0.6 is 0 Å². The summed E-state index contributed by atoms with van der Waals surface area (Å²) in [6.45, 7) is -1.77. The lowest BCUT2D eigenvalue weighted by molar-refractivity contribution is -0.597. The molecule has 4 rings (SSSR count). The highest BCUT2D eigenvalue weighted by Crippen LogP contribution is 2.56. The van der Waals surface area contributed by atoms with Gasteiger partial charge in [-0.1, -0.05) is 0 Å². The van der Waals surface area contributed by atoms with Crippen LogP contribution in [0.25, 0.3) is 0 Å². The third kappa shape index (κ3) is 3.79. The van der Waals surface area contributed by atoms with Crippen LogP contribution in [0.4, 0.5) is 0 Å². The Morgan fingerprint density at radius 2 is 1.17 bits per heavy atom. The first kappa shape index (κ1) is 31.3. The largest absolute Gasteiger partial charge is 0.504 e. The van der Waals surface area contributed by atoms with E-state index in [0.717, 1.165) is 0 Å². The second-order valence-corrected chi connectivity index (χ2v) is 10.1. The molecule has 1 aliphatic carbocycles. The molecule has 1 atom stereocenters. The molecule has 0 amide bonds. The number of benzene rings is 2. The zero-order valence-electron chi connectivity index (χ0n) is 21.8. The van der Waals surface area contributed by atoms with Gasteiger partial charge in [0.05, 0.1) is 19.8 Å². The molecule has 2 aliphatic rings. The van der Waals surface area contributed by atoms with Gasteiger partial charge in [0.15, 0.2) is 34.4 Å². The molecule has 1 heterocycles. The number of aromatic hydroxyl groups is 5. The molecule has 42 heavy (non-hydrogen) atoms. The average Bonchev–Trinajstić information content (AvgIpc) is 3.22. The molecule has 18 nitrogen and oxygen atoms in total. The number of piperidine rings is 1. The maximum absolute atomic E-state index is 13.2. The van der Waals surface area contributed by atoms with E-state index in [4.69, 9.17) is 9.47 Å². The van der Waals surface area contributed by atoms with Crippen LogP contribution in [0.3, 0.4) is 0 Å². The highest BCUT2D eigenvalue weighted by Gasteiger charge is 2.84. The van der Waals surface area contributed by atoms with Gasteiger partial charge in [-0.15, -0.1) is 0 Å². The average molecular weight is 603 g/mol. The normalized spacial score (nSPS) is 23.4. The summed E-state index contributed by atoms with van der Waals surface area (Å²) in [5, 5.41) is 147. The molecule has 1 aliphatic heterocycles. The quantitative estimate of drug-likeness (QED) is 0.0846. The van der Waals surface area contributed by atoms with Crippen molar-refractivity contribution in [1.82, 2.24) is 4.90 Å². The number of nitrogens with zero attached hydrogens (tertiary/aromatic N) is 1. The van der Waals surface area contributed by atoms with Gasteiger partial charge < -0.3 is 81.0 Å². The fraction of sp³-hybridized carbons (Fsp3) is 0.458. The SMILES string of the molecule is COc1cc2c(cc1OC)C(=O)C(CC1(O)C(O)(O)C(O)(O)N(Cc3c(O)c(O)c(O)c(O)c3O)C(O)(O)C1(O)O)C2. The van der Waals surface area contributed by atoms with E-state index in [0.29, 0.717) is 0 Å². The first-order valence-corrected chi connectivity index (χ1v) is 11.9. The van der Waals surface area contributed by atoms with Crippen LogP contribution in [-0.2, 0) is 13.0 Å². The summed E-state index contributed by atoms with van der Waals surface area (Å²) < 4.78 is 10.3. The Bertz CT molecular complexity index is 1390. The molecule has 0 radical (unpaired) electrons. The van der Waals surface area contributed by atoms with Gasteiger partial charge in [0.2, 0.25) is 17.2 Å². The van der Waals surface area contributed by atoms with Gasteiger partial charge in [0, 0.05) is 18.0 Å². The molecule has 0 spiro atoms. The summed E-state index contributed by atoms with van der Waals surface area (Å²) in [7, 11) is 2.58. The van der Waals surface area contributed by atoms with E-state index in [2.05, 4.69) is 0 Å². The van der Waals surface area contributed by atoms with Gasteiger partial charge in [-0.05, 0) is 30.5 Å². The molecule has 14 N–H and O–H groups in total. The Kier molecular flexibility index (Phi) is 7.00. The predicted molar refractivity (Wildman–Crippen MR) is 130 cm³/mol. The van der Waals surface area contributed by atoms with Crippen LogP contribution < -0.4 is 9.47 Å². The van der Waals surface area contributed by atoms with E-state index >= 15 is 0 Å². The molecule has 1 fully saturated rings. The number of Topliss-reactive ketones (excluding diaryl/α,β-unsaturated/α-hetero) is 1. The fourth-order valence-corrected chi connectivity index (χ4v) is 5.36. The lowest BCUT2D eigenvalue weighted by Gasteiger charge is -2.63. The van der Waals surface area contributed by atoms with Crippen molar-refractivity contribution in [2.45, 2.75) is 48.4 Å². The molecule has 1 saturated heterocycles. The predicted octanol–water partition coefficient (Wildman–Crippen LogP) is -4.14. The van der Waals surface area contributed by atoms with E-state index in [9.17, 15) is 76.3 Å². The minimum Gasteiger partial charge on any atom is -0.504 e. The number of fused-ring (bicyclic) bond motifs is 1. The molecule has 18 heteroatoms. The van der Waals surface area contributed by atoms with Crippen LogP contribution in [0.15, 0.2) is 12.1 Å². The number of carbonyl (C=O) groups excluding carboxylic acids is 1. The van der Waals surface area contributed by atoms with Crippen molar-refractivity contribution in [2.24, 2.45) is 5.92 Å². The number of phenolic OH excluding ortho intramolecular Hbond substituents is 5. The molecule has 1 unspecified atom stereocenters. The third-order valence-electron chi connectivity index (χ3n) is 7.88. The second-order valence-electron chi connectivity index (χ2n) is 10.1. The number of aliphatic hydroxyl groups is 9. The Balaban J connectivity index is 1.79. The van der Waals surface area contributed by atoms with Crippen LogP contribution in [0.1, 0.15) is 27.9 Å². The maximum atomic E-state index is 13.2. The minimum absolute atomic E-state index is 0.0157. The number of rotatable bonds is 6. The number of likely N-dealkylation sites (tertiary alicyclic amines) is 1. The number of carbonyl (C=O) groups is 1. The lowest BCUT2D eigenvalue weighted by atomic mass is 9.69. The third-order valence-corrected chi connectivity index (χ3v) is 7.88. The van der Waals surface area contributed by atoms with E-state index in [-0.39, 0.29) is 29.0 Å². The number of hydrogen-bond acceptors (Lipinski definition) is 18. The molecule has 0 aromatic heterocycles. The maximum Gasteiger partial charge on any atom is 0.289 e. The van der Waals surface area contributed by atoms with E-state index in [1.165, 1.54) is 26.4 Å². The Morgan fingerprint density at radius 3 is 1.62 bits per heavy atom. The van der Waals surface area contributed by atoms with Crippen LogP contribution in [-0.4, -0.2) is 125 Å². The van der Waals surface area contributed by atoms with Crippen molar-refractivity contribution in [1.29, 1.82) is 0 Å². The Morgan fingerprint density at radius 1 is 0.738 bits per heavy atom. The Hall–Kier alpha value is -3.69. The first-order chi connectivity index (χ1) is 19.1. The molecular weight excluding hydrogens is 574 g/mol. The van der Waals surface area contributed by atoms with Gasteiger partial charge >= 0.3 is 0 Å². The van der Waals surface area contributed by atoms with Gasteiger partial charge in [-0.25, -0.2) is 0 Å². The van der Waals surface area contributed by atoms with Crippen molar-refractivity contribution >= 4 is 5.78 Å². The number of phenols is 5. The monoisotopic (exact) mass is 603 g/mol. The molecule has 2 aromatic carbocycles. The number of ketones is 1. The topological polar surface area (TPSA) is 322 Å². The highest BCUT2D eigenvalue weighted by atomic mass is 16.7. The van der Waals surface area contributed by atoms with Crippen molar-refractivity contribution in [2.75, 3.05) is 14.2 Å². The van der Waals surface area contributed by atoms with E-state index in [1.54, 1.807) is 0 Å². The summed E-state index contributed by atoms with van der Waals surface area (Å²) in [5.41, 5.74) is -5.17. The van der Waals surface area contributed by atoms with Crippen LogP contribution in [0.2, 0.25) is 0 Å². The van der Waals surface area contributed by atoms with E-state index in [1.807, 2.05) is 0 Å². The zero-order chi connectivity index (χ0) is 32.0. The molecule has 232 valence electrons. The highest BCUT2D eigenvalue weighted by molar-refractivity contribution is 6.03. The summed E-state index contributed by atoms with van der Waals surface area (Å²) in [6, 6.07) is 2.63. The number of hydrogen-bond donors (Lipinski definition) is 14. The first-order valence-electron chi connectivity index (χ1n) is 11.9. The molecule has 0 bridgehead atoms. The Labute approximate surface area is 234 Å². The molecule has 2 aromatic rings. The zero-order valence-corrected chi connectivity index (χ0v) is 21.8. The smallest absolute Gasteiger partial charge is 0.289 e. The standard InChI is InChI=1S/C24H29NO17/c1-41-12-4-8-3-9(14(26)10(8)5-13(12)42-2)6-20(32)21(33,34)23(37,38)25(24(39,40)22(20,35)36)7-11-15(27)17(29)19(31)18(30)16(11)28/h4-5,9,27-40H,3,6-7H2,1-2H3. The van der Waals surface area contributed by atoms with Gasteiger partial charge in [0.25, 0.3) is 23.4 Å². The number of ether oxygens (including phenoxy) is 2. The van der Waals surface area contributed by atoms with Crippen molar-refractivity contribution < 1.29 is 85.8 Å². The van der Waals surface area contributed by atoms with Gasteiger partial charge in [-0.3, -0.25) is 4.79 Å². The minimum atomic E-state index is -4.60. The van der Waals surface area contributed by atoms with Crippen LogP contribution in [0.5, 0.6) is 40.2 Å². The van der Waals surface area contributed by atoms with Gasteiger partial charge in [0.1, 0.15) is 0 Å². The lowest BCUT2D eigenvalue weighted by Crippen LogP contribution is -2.93. The molecule has 0 saturated carbocycles. The van der Waals surface area contributed by atoms with Crippen LogP contribution in [0, 0.1) is 5.92 Å². The van der Waals surface area contributed by atoms with E-state index < -0.39 is 92.9 Å². The number of methoxy groups -OCH3 is 2. The summed E-state index contributed by atoms with van der Waals surface area (Å²) >= 11 is 0. The molecular formula is C24H29NO17. The second kappa shape index (κ2) is 9.41. The van der Waals surface area contributed by atoms with Crippen molar-refractivity contribution in [3.63, 3.8) is 0 Å². The van der Waals surface area contributed by atoms with Crippen molar-refractivity contribution in [3.05, 3.63) is 28.8 Å². The summed E-state index contributed by atoms with van der Waals surface area (Å²) in [4.78, 5) is 12.4. The fourth-order valence-electron chi connectivity index (χ4n) is 5.36. The van der Waals surface area contributed by atoms with Crippen molar-refractivity contribution in [3.8, 4) is 40.2 Å².